The van der Waals surface area contributed by atoms with E-state index in [1.807, 2.05) is 0 Å². The number of carbonyl (C=O) groups excluding carboxylic acids is 1. The maximum atomic E-state index is 13.0. The fraction of sp³-hybridized carbons (Fsp3) is 0.250. The minimum atomic E-state index is -5.16. The van der Waals surface area contributed by atoms with Gasteiger partial charge in [-0.25, -0.2) is 0 Å². The Kier molecular flexibility index (Phi) is 3.00. The Morgan fingerprint density at radius 1 is 1.47 bits per heavy atom. The lowest BCUT2D eigenvalue weighted by Gasteiger charge is -2.24. The molecule has 1 aliphatic heterocycles. The molecule has 0 saturated carbocycles. The summed E-state index contributed by atoms with van der Waals surface area (Å²) in [5, 5.41) is 9.81. The summed E-state index contributed by atoms with van der Waals surface area (Å²) in [5.41, 5.74) is -4.30. The van der Waals surface area contributed by atoms with E-state index in [4.69, 9.17) is 18.0 Å². The van der Waals surface area contributed by atoms with Gasteiger partial charge in [-0.15, -0.1) is 6.42 Å². The second kappa shape index (κ2) is 4.15. The van der Waals surface area contributed by atoms with E-state index in [1.165, 1.54) is 12.1 Å². The molecule has 1 amide bonds. The van der Waals surface area contributed by atoms with Gasteiger partial charge in [0.2, 0.25) is 0 Å². The van der Waals surface area contributed by atoms with Gasteiger partial charge in [0.05, 0.1) is 12.2 Å². The van der Waals surface area contributed by atoms with Crippen molar-refractivity contribution >= 4 is 23.2 Å². The molecule has 0 fully saturated rings. The van der Waals surface area contributed by atoms with Crippen LogP contribution in [-0.2, 0) is 10.4 Å². The van der Waals surface area contributed by atoms with Crippen LogP contribution in [0.15, 0.2) is 18.2 Å². The summed E-state index contributed by atoms with van der Waals surface area (Å²) in [6, 6.07) is 3.45. The SMILES string of the molecule is C#CCN1C(=O)C(O)(C(F)(F)F)c2cc(Cl)ccc21. The number of carbonyl (C=O) groups is 1. The summed E-state index contributed by atoms with van der Waals surface area (Å²) >= 11 is 5.62. The summed E-state index contributed by atoms with van der Waals surface area (Å²) in [5.74, 6) is 0.560. The van der Waals surface area contributed by atoms with Gasteiger partial charge in [0.15, 0.2) is 0 Å². The average Bonchev–Trinajstić information content (AvgIpc) is 2.52. The van der Waals surface area contributed by atoms with Crippen LogP contribution >= 0.6 is 11.6 Å². The number of hydrogen-bond acceptors (Lipinski definition) is 2. The summed E-state index contributed by atoms with van der Waals surface area (Å²) in [7, 11) is 0. The highest BCUT2D eigenvalue weighted by Gasteiger charge is 2.66. The number of nitrogens with zero attached hydrogens (tertiary/aromatic N) is 1. The van der Waals surface area contributed by atoms with Crippen LogP contribution in [0.2, 0.25) is 5.02 Å². The number of rotatable bonds is 1. The third-order valence-electron chi connectivity index (χ3n) is 2.85. The molecule has 1 atom stereocenters. The first kappa shape index (κ1) is 13.7. The van der Waals surface area contributed by atoms with Gasteiger partial charge in [-0.3, -0.25) is 9.69 Å². The lowest BCUT2D eigenvalue weighted by molar-refractivity contribution is -0.253. The molecule has 0 spiro atoms. The van der Waals surface area contributed by atoms with Crippen molar-refractivity contribution in [3.05, 3.63) is 28.8 Å². The Bertz CT molecular complexity index is 594. The van der Waals surface area contributed by atoms with Crippen LogP contribution < -0.4 is 4.90 Å². The summed E-state index contributed by atoms with van der Waals surface area (Å²) < 4.78 is 39.1. The van der Waals surface area contributed by atoms with Crippen LogP contribution in [-0.4, -0.2) is 23.7 Å². The van der Waals surface area contributed by atoms with Crippen LogP contribution in [0.25, 0.3) is 0 Å². The molecule has 0 aliphatic carbocycles. The van der Waals surface area contributed by atoms with E-state index < -0.39 is 23.2 Å². The monoisotopic (exact) mass is 289 g/mol. The maximum Gasteiger partial charge on any atom is 0.430 e. The largest absolute Gasteiger partial charge is 0.430 e. The number of benzene rings is 1. The van der Waals surface area contributed by atoms with Crippen LogP contribution in [0.3, 0.4) is 0 Å². The summed E-state index contributed by atoms with van der Waals surface area (Å²) in [4.78, 5) is 12.6. The Morgan fingerprint density at radius 3 is 2.63 bits per heavy atom. The number of anilines is 1. The normalized spacial score (nSPS) is 22.3. The molecular weight excluding hydrogens is 283 g/mol. The lowest BCUT2D eigenvalue weighted by atomic mass is 9.95. The summed E-state index contributed by atoms with van der Waals surface area (Å²) in [6.45, 7) is -0.369. The molecule has 0 bridgehead atoms. The van der Waals surface area contributed by atoms with E-state index in [1.54, 1.807) is 0 Å². The number of halogens is 4. The van der Waals surface area contributed by atoms with Crippen molar-refractivity contribution in [2.24, 2.45) is 0 Å². The molecule has 1 unspecified atom stereocenters. The van der Waals surface area contributed by atoms with Gasteiger partial charge in [-0.2, -0.15) is 13.2 Å². The maximum absolute atomic E-state index is 13.0. The smallest absolute Gasteiger partial charge is 0.368 e. The Hall–Kier alpha value is -1.71. The third-order valence-corrected chi connectivity index (χ3v) is 3.09. The van der Waals surface area contributed by atoms with Crippen molar-refractivity contribution < 1.29 is 23.1 Å². The zero-order chi connectivity index (χ0) is 14.4. The number of fused-ring (bicyclic) bond motifs is 1. The molecule has 0 aromatic heterocycles. The van der Waals surface area contributed by atoms with Crippen molar-refractivity contribution in [3.8, 4) is 12.3 Å². The highest BCUT2D eigenvalue weighted by molar-refractivity contribution is 6.31. The topological polar surface area (TPSA) is 40.5 Å². The number of alkyl halides is 3. The highest BCUT2D eigenvalue weighted by atomic mass is 35.5. The molecule has 0 radical (unpaired) electrons. The van der Waals surface area contributed by atoms with E-state index in [9.17, 15) is 23.1 Å². The molecule has 100 valence electrons. The molecule has 7 heteroatoms. The standard InChI is InChI=1S/C12H7ClF3NO2/c1-2-5-17-9-4-3-7(13)6-8(9)11(19,10(17)18)12(14,15)16/h1,3-4,6,19H,5H2. The average molecular weight is 290 g/mol. The third kappa shape index (κ3) is 1.78. The lowest BCUT2D eigenvalue weighted by Crippen LogP contribution is -2.50. The van der Waals surface area contributed by atoms with Crippen molar-refractivity contribution in [1.82, 2.24) is 0 Å². The molecule has 1 aromatic rings. The second-order valence-corrected chi connectivity index (χ2v) is 4.40. The Labute approximate surface area is 111 Å². The first-order chi connectivity index (χ1) is 8.73. The van der Waals surface area contributed by atoms with Crippen molar-refractivity contribution in [1.29, 1.82) is 0 Å². The van der Waals surface area contributed by atoms with Crippen LogP contribution in [0.1, 0.15) is 5.56 Å². The zero-order valence-electron chi connectivity index (χ0n) is 9.33. The number of aliphatic hydroxyl groups is 1. The minimum absolute atomic E-state index is 0.0169. The van der Waals surface area contributed by atoms with E-state index in [2.05, 4.69) is 5.92 Å². The fourth-order valence-electron chi connectivity index (χ4n) is 1.98. The molecule has 2 rings (SSSR count). The molecular formula is C12H7ClF3NO2. The van der Waals surface area contributed by atoms with Crippen LogP contribution in [0, 0.1) is 12.3 Å². The number of hydrogen-bond donors (Lipinski definition) is 1. The number of terminal acetylenes is 1. The van der Waals surface area contributed by atoms with Gasteiger partial charge in [-0.1, -0.05) is 17.5 Å². The minimum Gasteiger partial charge on any atom is -0.368 e. The molecule has 1 heterocycles. The van der Waals surface area contributed by atoms with Gasteiger partial charge >= 0.3 is 6.18 Å². The van der Waals surface area contributed by atoms with Gasteiger partial charge in [0.25, 0.3) is 11.5 Å². The molecule has 1 N–H and O–H groups in total. The Morgan fingerprint density at radius 2 is 2.11 bits per heavy atom. The Balaban J connectivity index is 2.71. The van der Waals surface area contributed by atoms with Gasteiger partial charge in [-0.05, 0) is 18.2 Å². The van der Waals surface area contributed by atoms with E-state index >= 15 is 0 Å². The zero-order valence-corrected chi connectivity index (χ0v) is 10.1. The molecule has 19 heavy (non-hydrogen) atoms. The van der Waals surface area contributed by atoms with Crippen molar-refractivity contribution in [2.75, 3.05) is 11.4 Å². The first-order valence-corrected chi connectivity index (χ1v) is 5.46. The predicted molar refractivity (Wildman–Crippen MR) is 62.6 cm³/mol. The van der Waals surface area contributed by atoms with E-state index in [0.717, 1.165) is 6.07 Å². The predicted octanol–water partition coefficient (Wildman–Crippen LogP) is 2.07. The van der Waals surface area contributed by atoms with Crippen molar-refractivity contribution in [3.63, 3.8) is 0 Å². The molecule has 1 aliphatic rings. The second-order valence-electron chi connectivity index (χ2n) is 3.97. The van der Waals surface area contributed by atoms with Gasteiger partial charge < -0.3 is 5.11 Å². The number of amides is 1. The quantitative estimate of drug-likeness (QED) is 0.804. The van der Waals surface area contributed by atoms with Gasteiger partial charge in [0.1, 0.15) is 0 Å². The molecule has 3 nitrogen and oxygen atoms in total. The van der Waals surface area contributed by atoms with E-state index in [0.29, 0.717) is 4.90 Å². The fourth-order valence-corrected chi connectivity index (χ4v) is 2.15. The van der Waals surface area contributed by atoms with E-state index in [-0.39, 0.29) is 17.3 Å². The van der Waals surface area contributed by atoms with Crippen molar-refractivity contribution in [2.45, 2.75) is 11.8 Å². The van der Waals surface area contributed by atoms with Gasteiger partial charge in [0, 0.05) is 10.6 Å². The highest BCUT2D eigenvalue weighted by Crippen LogP contribution is 2.49. The van der Waals surface area contributed by atoms with Crippen LogP contribution in [0.4, 0.5) is 18.9 Å². The summed E-state index contributed by atoms with van der Waals surface area (Å²) in [6.07, 6.45) is -0.137. The van der Waals surface area contributed by atoms with Crippen LogP contribution in [0.5, 0.6) is 0 Å². The first-order valence-electron chi connectivity index (χ1n) is 5.08. The molecule has 1 aromatic carbocycles. The molecule has 0 saturated heterocycles.